The molecule has 0 aliphatic heterocycles. The van der Waals surface area contributed by atoms with Crippen molar-refractivity contribution >= 4 is 11.6 Å². The molecule has 1 aromatic carbocycles. The van der Waals surface area contributed by atoms with E-state index in [1.165, 1.54) is 19.3 Å². The molecule has 1 aliphatic rings. The van der Waals surface area contributed by atoms with Crippen molar-refractivity contribution in [1.29, 1.82) is 0 Å². The molecular formula is C16H24N2O2. The van der Waals surface area contributed by atoms with Crippen LogP contribution >= 0.6 is 0 Å². The molecule has 3 N–H and O–H groups in total. The number of benzene rings is 1. The van der Waals surface area contributed by atoms with Gasteiger partial charge in [-0.3, -0.25) is 4.79 Å². The Hall–Kier alpha value is -1.71. The zero-order chi connectivity index (χ0) is 14.5. The van der Waals surface area contributed by atoms with Crippen LogP contribution in [0.1, 0.15) is 49.4 Å². The van der Waals surface area contributed by atoms with Crippen LogP contribution in [0, 0.1) is 5.92 Å². The Bertz CT molecular complexity index is 466. The second-order valence-electron chi connectivity index (χ2n) is 5.59. The van der Waals surface area contributed by atoms with E-state index in [1.807, 2.05) is 0 Å². The molecule has 0 heterocycles. The molecule has 1 fully saturated rings. The summed E-state index contributed by atoms with van der Waals surface area (Å²) in [5, 5.41) is 3.11. The van der Waals surface area contributed by atoms with Gasteiger partial charge in [-0.25, -0.2) is 0 Å². The van der Waals surface area contributed by atoms with Crippen LogP contribution in [0.15, 0.2) is 18.2 Å². The summed E-state index contributed by atoms with van der Waals surface area (Å²) in [6.45, 7) is 2.24. The smallest absolute Gasteiger partial charge is 0.251 e. The molecule has 0 atom stereocenters. The van der Waals surface area contributed by atoms with E-state index in [1.54, 1.807) is 25.3 Å². The number of nitrogens with two attached hydrogens (primary N) is 1. The number of ether oxygens (including phenoxy) is 1. The van der Waals surface area contributed by atoms with Gasteiger partial charge in [-0.15, -0.1) is 0 Å². The van der Waals surface area contributed by atoms with Gasteiger partial charge in [0.05, 0.1) is 7.11 Å². The summed E-state index contributed by atoms with van der Waals surface area (Å²) < 4.78 is 5.14. The van der Waals surface area contributed by atoms with Crippen LogP contribution in [0.25, 0.3) is 0 Å². The Morgan fingerprint density at radius 3 is 2.60 bits per heavy atom. The van der Waals surface area contributed by atoms with E-state index >= 15 is 0 Å². The highest BCUT2D eigenvalue weighted by Gasteiger charge is 2.21. The van der Waals surface area contributed by atoms with Gasteiger partial charge in [0.2, 0.25) is 0 Å². The topological polar surface area (TPSA) is 64.4 Å². The van der Waals surface area contributed by atoms with E-state index in [9.17, 15) is 4.79 Å². The largest absolute Gasteiger partial charge is 0.497 e. The van der Waals surface area contributed by atoms with Crippen molar-refractivity contribution in [2.24, 2.45) is 5.92 Å². The summed E-state index contributed by atoms with van der Waals surface area (Å²) in [5.74, 6) is 1.39. The fraction of sp³-hybridized carbons (Fsp3) is 0.562. The highest BCUT2D eigenvalue weighted by atomic mass is 16.5. The van der Waals surface area contributed by atoms with Crippen molar-refractivity contribution in [2.75, 3.05) is 12.8 Å². The van der Waals surface area contributed by atoms with Gasteiger partial charge in [0.15, 0.2) is 0 Å². The van der Waals surface area contributed by atoms with Crippen LogP contribution in [0.5, 0.6) is 5.75 Å². The molecule has 0 radical (unpaired) electrons. The molecule has 20 heavy (non-hydrogen) atoms. The van der Waals surface area contributed by atoms with E-state index in [0.717, 1.165) is 18.8 Å². The number of anilines is 1. The predicted molar refractivity (Wildman–Crippen MR) is 80.9 cm³/mol. The SMILES string of the molecule is CCC1CCC(NC(=O)c2cc(N)cc(OC)c2)CC1. The zero-order valence-corrected chi connectivity index (χ0v) is 12.3. The molecule has 0 aromatic heterocycles. The highest BCUT2D eigenvalue weighted by Crippen LogP contribution is 2.27. The number of carbonyl (C=O) groups is 1. The molecule has 1 aliphatic carbocycles. The number of carbonyl (C=O) groups excluding carboxylic acids is 1. The molecule has 2 rings (SSSR count). The number of hydrogen-bond acceptors (Lipinski definition) is 3. The van der Waals surface area contributed by atoms with Gasteiger partial charge in [0.25, 0.3) is 5.91 Å². The minimum Gasteiger partial charge on any atom is -0.497 e. The first kappa shape index (κ1) is 14.7. The van der Waals surface area contributed by atoms with Gasteiger partial charge >= 0.3 is 0 Å². The van der Waals surface area contributed by atoms with E-state index in [-0.39, 0.29) is 11.9 Å². The fourth-order valence-electron chi connectivity index (χ4n) is 2.85. The first-order valence-electron chi connectivity index (χ1n) is 7.37. The predicted octanol–water partition coefficient (Wildman–Crippen LogP) is 2.98. The minimum atomic E-state index is -0.0597. The van der Waals surface area contributed by atoms with Crippen LogP contribution < -0.4 is 15.8 Å². The summed E-state index contributed by atoms with van der Waals surface area (Å²) in [6, 6.07) is 5.42. The van der Waals surface area contributed by atoms with Gasteiger partial charge in [-0.05, 0) is 43.7 Å². The molecule has 1 saturated carbocycles. The fourth-order valence-corrected chi connectivity index (χ4v) is 2.85. The van der Waals surface area contributed by atoms with E-state index in [0.29, 0.717) is 17.0 Å². The normalized spacial score (nSPS) is 22.3. The van der Waals surface area contributed by atoms with Crippen LogP contribution in [-0.4, -0.2) is 19.1 Å². The van der Waals surface area contributed by atoms with Crippen molar-refractivity contribution < 1.29 is 9.53 Å². The molecular weight excluding hydrogens is 252 g/mol. The maximum atomic E-state index is 12.3. The number of amides is 1. The monoisotopic (exact) mass is 276 g/mol. The molecule has 0 spiro atoms. The maximum Gasteiger partial charge on any atom is 0.251 e. The van der Waals surface area contributed by atoms with E-state index < -0.39 is 0 Å². The van der Waals surface area contributed by atoms with Crippen LogP contribution in [0.4, 0.5) is 5.69 Å². The second-order valence-corrected chi connectivity index (χ2v) is 5.59. The quantitative estimate of drug-likeness (QED) is 0.831. The van der Waals surface area contributed by atoms with Gasteiger partial charge in [0.1, 0.15) is 5.75 Å². The van der Waals surface area contributed by atoms with Crippen LogP contribution in [0.2, 0.25) is 0 Å². The molecule has 1 aromatic rings. The summed E-state index contributed by atoms with van der Waals surface area (Å²) >= 11 is 0. The Balaban J connectivity index is 1.97. The van der Waals surface area contributed by atoms with Crippen molar-refractivity contribution in [3.05, 3.63) is 23.8 Å². The molecule has 0 saturated heterocycles. The van der Waals surface area contributed by atoms with Crippen molar-refractivity contribution in [3.8, 4) is 5.75 Å². The molecule has 4 heteroatoms. The lowest BCUT2D eigenvalue weighted by Crippen LogP contribution is -2.37. The summed E-state index contributed by atoms with van der Waals surface area (Å²) in [4.78, 5) is 12.3. The Morgan fingerprint density at radius 1 is 1.30 bits per heavy atom. The number of nitrogens with one attached hydrogen (secondary N) is 1. The summed E-state index contributed by atoms with van der Waals surface area (Å²) in [6.07, 6.45) is 5.81. The van der Waals surface area contributed by atoms with Gasteiger partial charge in [-0.2, -0.15) is 0 Å². The third kappa shape index (κ3) is 3.65. The van der Waals surface area contributed by atoms with Crippen molar-refractivity contribution in [3.63, 3.8) is 0 Å². The summed E-state index contributed by atoms with van der Waals surface area (Å²) in [5.41, 5.74) is 6.90. The lowest BCUT2D eigenvalue weighted by molar-refractivity contribution is 0.0921. The van der Waals surface area contributed by atoms with E-state index in [2.05, 4.69) is 12.2 Å². The average molecular weight is 276 g/mol. The standard InChI is InChI=1S/C16H24N2O2/c1-3-11-4-6-14(7-5-11)18-16(19)12-8-13(17)10-15(9-12)20-2/h8-11,14H,3-7,17H2,1-2H3,(H,18,19). The number of hydrogen-bond donors (Lipinski definition) is 2. The van der Waals surface area contributed by atoms with Crippen LogP contribution in [-0.2, 0) is 0 Å². The number of rotatable bonds is 4. The zero-order valence-electron chi connectivity index (χ0n) is 12.3. The maximum absolute atomic E-state index is 12.3. The third-order valence-corrected chi connectivity index (χ3v) is 4.19. The minimum absolute atomic E-state index is 0.0597. The molecule has 4 nitrogen and oxygen atoms in total. The van der Waals surface area contributed by atoms with Gasteiger partial charge < -0.3 is 15.8 Å². The van der Waals surface area contributed by atoms with Crippen LogP contribution in [0.3, 0.4) is 0 Å². The summed E-state index contributed by atoms with van der Waals surface area (Å²) in [7, 11) is 1.57. The van der Waals surface area contributed by atoms with Gasteiger partial charge in [-0.1, -0.05) is 13.3 Å². The van der Waals surface area contributed by atoms with E-state index in [4.69, 9.17) is 10.5 Å². The molecule has 110 valence electrons. The lowest BCUT2D eigenvalue weighted by Gasteiger charge is -2.28. The number of methoxy groups -OCH3 is 1. The first-order valence-corrected chi connectivity index (χ1v) is 7.37. The Morgan fingerprint density at radius 2 is 2.00 bits per heavy atom. The molecule has 0 bridgehead atoms. The van der Waals surface area contributed by atoms with Crippen molar-refractivity contribution in [1.82, 2.24) is 5.32 Å². The lowest BCUT2D eigenvalue weighted by atomic mass is 9.84. The Kier molecular flexibility index (Phi) is 4.88. The second kappa shape index (κ2) is 6.64. The average Bonchev–Trinajstić information content (AvgIpc) is 2.47. The molecule has 1 amide bonds. The Labute approximate surface area is 120 Å². The first-order chi connectivity index (χ1) is 9.62. The molecule has 0 unspecified atom stereocenters. The van der Waals surface area contributed by atoms with Crippen molar-refractivity contribution in [2.45, 2.75) is 45.1 Å². The number of nitrogen functional groups attached to an aromatic ring is 1. The van der Waals surface area contributed by atoms with Gasteiger partial charge in [0, 0.05) is 23.4 Å². The highest BCUT2D eigenvalue weighted by molar-refractivity contribution is 5.95. The third-order valence-electron chi connectivity index (χ3n) is 4.19.